The molecule has 7 heteroatoms. The minimum Gasteiger partial charge on any atom is -0.241 e. The number of nitrogens with zero attached hydrogens (tertiary/aromatic N) is 3. The highest BCUT2D eigenvalue weighted by Gasteiger charge is 2.32. The molecule has 5 nitrogen and oxygen atoms in total. The molecule has 1 fully saturated rings. The van der Waals surface area contributed by atoms with Gasteiger partial charge in [-0.2, -0.15) is 9.57 Å². The maximum Gasteiger partial charge on any atom is 0.243 e. The molecule has 132 valence electrons. The van der Waals surface area contributed by atoms with Gasteiger partial charge in [0, 0.05) is 19.0 Å². The molecule has 0 unspecified atom stereocenters. The summed E-state index contributed by atoms with van der Waals surface area (Å²) in [5.74, 6) is 0.120. The Morgan fingerprint density at radius 2 is 1.92 bits per heavy atom. The van der Waals surface area contributed by atoms with Gasteiger partial charge in [-0.15, -0.1) is 11.3 Å². The summed E-state index contributed by atoms with van der Waals surface area (Å²) < 4.78 is 28.6. The smallest absolute Gasteiger partial charge is 0.241 e. The first-order valence-corrected chi connectivity index (χ1v) is 10.7. The van der Waals surface area contributed by atoms with Crippen LogP contribution in [0.1, 0.15) is 29.3 Å². The molecule has 2 aromatic carbocycles. The van der Waals surface area contributed by atoms with E-state index >= 15 is 0 Å². The van der Waals surface area contributed by atoms with Gasteiger partial charge in [-0.3, -0.25) is 0 Å². The van der Waals surface area contributed by atoms with E-state index in [0.29, 0.717) is 18.7 Å². The van der Waals surface area contributed by atoms with Gasteiger partial charge in [0.2, 0.25) is 10.0 Å². The molecule has 0 saturated carbocycles. The van der Waals surface area contributed by atoms with Gasteiger partial charge in [-0.1, -0.05) is 12.1 Å². The number of sulfonamides is 1. The number of thiazole rings is 1. The Bertz CT molecular complexity index is 1050. The van der Waals surface area contributed by atoms with Crippen molar-refractivity contribution in [2.75, 3.05) is 13.1 Å². The molecule has 0 spiro atoms. The van der Waals surface area contributed by atoms with Crippen LogP contribution in [0.3, 0.4) is 0 Å². The fourth-order valence-corrected chi connectivity index (χ4v) is 5.89. The lowest BCUT2D eigenvalue weighted by molar-refractivity contribution is 0.315. The van der Waals surface area contributed by atoms with E-state index in [1.807, 2.05) is 30.3 Å². The van der Waals surface area contributed by atoms with E-state index in [-0.39, 0.29) is 10.8 Å². The number of hydrogen-bond acceptors (Lipinski definition) is 5. The predicted octanol–water partition coefficient (Wildman–Crippen LogP) is 3.74. The van der Waals surface area contributed by atoms with E-state index in [9.17, 15) is 8.42 Å². The first kappa shape index (κ1) is 17.2. The van der Waals surface area contributed by atoms with Crippen LogP contribution in [-0.2, 0) is 10.0 Å². The van der Waals surface area contributed by atoms with Crippen LogP contribution in [0.4, 0.5) is 0 Å². The third kappa shape index (κ3) is 3.12. The van der Waals surface area contributed by atoms with Gasteiger partial charge in [0.05, 0.1) is 31.8 Å². The van der Waals surface area contributed by atoms with Gasteiger partial charge in [0.15, 0.2) is 0 Å². The van der Waals surface area contributed by atoms with Crippen LogP contribution < -0.4 is 0 Å². The highest BCUT2D eigenvalue weighted by atomic mass is 32.2. The summed E-state index contributed by atoms with van der Waals surface area (Å²) in [6, 6.07) is 16.1. The zero-order valence-corrected chi connectivity index (χ0v) is 15.6. The van der Waals surface area contributed by atoms with Crippen molar-refractivity contribution in [3.8, 4) is 6.07 Å². The van der Waals surface area contributed by atoms with E-state index in [4.69, 9.17) is 10.2 Å². The third-order valence-corrected chi connectivity index (χ3v) is 7.74. The number of benzene rings is 2. The minimum atomic E-state index is -3.56. The minimum absolute atomic E-state index is 0.120. The second-order valence-electron chi connectivity index (χ2n) is 6.36. The normalized spacial score (nSPS) is 18.7. The molecule has 1 atom stereocenters. The van der Waals surface area contributed by atoms with Gasteiger partial charge in [-0.25, -0.2) is 13.4 Å². The molecule has 26 heavy (non-hydrogen) atoms. The average molecular weight is 383 g/mol. The lowest BCUT2D eigenvalue weighted by Crippen LogP contribution is -2.39. The van der Waals surface area contributed by atoms with Crippen molar-refractivity contribution in [1.82, 2.24) is 9.29 Å². The summed E-state index contributed by atoms with van der Waals surface area (Å²) in [5.41, 5.74) is 1.43. The maximum absolute atomic E-state index is 13.0. The third-order valence-electron chi connectivity index (χ3n) is 4.66. The molecule has 1 saturated heterocycles. The molecule has 0 aliphatic carbocycles. The number of hydrogen-bond donors (Lipinski definition) is 0. The standard InChI is InChI=1S/C19H17N3O2S2/c20-12-14-7-9-16(10-8-14)26(23,24)22-11-3-4-15(13-22)19-21-17-5-1-2-6-18(17)25-19/h1-2,5-10,15H,3-4,11,13H2/t15-/m1/s1. The van der Waals surface area contributed by atoms with Crippen LogP contribution in [0, 0.1) is 11.3 Å². The first-order valence-electron chi connectivity index (χ1n) is 8.44. The molecule has 2 heterocycles. The quantitative estimate of drug-likeness (QED) is 0.691. The van der Waals surface area contributed by atoms with Gasteiger partial charge < -0.3 is 0 Å². The van der Waals surface area contributed by atoms with Crippen LogP contribution in [0.15, 0.2) is 53.4 Å². The molecule has 4 rings (SSSR count). The average Bonchev–Trinajstić information content (AvgIpc) is 3.12. The number of rotatable bonds is 3. The van der Waals surface area contributed by atoms with Crippen molar-refractivity contribution >= 4 is 31.6 Å². The van der Waals surface area contributed by atoms with Crippen LogP contribution in [-0.4, -0.2) is 30.8 Å². The van der Waals surface area contributed by atoms with Crippen LogP contribution in [0.5, 0.6) is 0 Å². The summed E-state index contributed by atoms with van der Waals surface area (Å²) in [6.45, 7) is 0.964. The van der Waals surface area contributed by atoms with Gasteiger partial charge in [0.25, 0.3) is 0 Å². The largest absolute Gasteiger partial charge is 0.243 e. The fourth-order valence-electron chi connectivity index (χ4n) is 3.28. The Morgan fingerprint density at radius 3 is 2.65 bits per heavy atom. The Hall–Kier alpha value is -2.27. The Kier molecular flexibility index (Phi) is 4.49. The van der Waals surface area contributed by atoms with Gasteiger partial charge in [-0.05, 0) is 49.2 Å². The Morgan fingerprint density at radius 1 is 1.15 bits per heavy atom. The molecule has 1 aliphatic rings. The molecular formula is C19H17N3O2S2. The van der Waals surface area contributed by atoms with Crippen molar-refractivity contribution in [1.29, 1.82) is 5.26 Å². The molecule has 0 amide bonds. The van der Waals surface area contributed by atoms with E-state index in [1.165, 1.54) is 12.1 Å². The fraction of sp³-hybridized carbons (Fsp3) is 0.263. The first-order chi connectivity index (χ1) is 12.6. The van der Waals surface area contributed by atoms with E-state index in [1.54, 1.807) is 27.8 Å². The van der Waals surface area contributed by atoms with Crippen molar-refractivity contribution in [2.45, 2.75) is 23.7 Å². The number of nitriles is 1. The van der Waals surface area contributed by atoms with Gasteiger partial charge >= 0.3 is 0 Å². The lowest BCUT2D eigenvalue weighted by Gasteiger charge is -2.31. The Balaban J connectivity index is 1.60. The van der Waals surface area contributed by atoms with E-state index < -0.39 is 10.0 Å². The number of fused-ring (bicyclic) bond motifs is 1. The monoisotopic (exact) mass is 383 g/mol. The molecule has 1 aliphatic heterocycles. The molecular weight excluding hydrogens is 366 g/mol. The van der Waals surface area contributed by atoms with Crippen molar-refractivity contribution in [3.63, 3.8) is 0 Å². The van der Waals surface area contributed by atoms with Crippen LogP contribution >= 0.6 is 11.3 Å². The topological polar surface area (TPSA) is 74.1 Å². The molecule has 1 aromatic heterocycles. The highest BCUT2D eigenvalue weighted by molar-refractivity contribution is 7.89. The van der Waals surface area contributed by atoms with Gasteiger partial charge in [0.1, 0.15) is 0 Å². The summed E-state index contributed by atoms with van der Waals surface area (Å²) in [6.07, 6.45) is 1.76. The molecule has 0 N–H and O–H groups in total. The van der Waals surface area contributed by atoms with E-state index in [2.05, 4.69) is 0 Å². The second kappa shape index (κ2) is 6.80. The zero-order valence-electron chi connectivity index (χ0n) is 14.0. The number of piperidine rings is 1. The molecule has 0 radical (unpaired) electrons. The predicted molar refractivity (Wildman–Crippen MR) is 102 cm³/mol. The maximum atomic E-state index is 13.0. The SMILES string of the molecule is N#Cc1ccc(S(=O)(=O)N2CCC[C@@H](c3nc4ccccc4s3)C2)cc1. The number of para-hydroxylation sites is 1. The molecule has 0 bridgehead atoms. The van der Waals surface area contributed by atoms with Crippen molar-refractivity contribution in [3.05, 3.63) is 59.1 Å². The summed E-state index contributed by atoms with van der Waals surface area (Å²) in [7, 11) is -3.56. The summed E-state index contributed by atoms with van der Waals surface area (Å²) >= 11 is 1.65. The van der Waals surface area contributed by atoms with E-state index in [0.717, 1.165) is 28.1 Å². The second-order valence-corrected chi connectivity index (χ2v) is 9.36. The highest BCUT2D eigenvalue weighted by Crippen LogP contribution is 2.34. The Labute approximate surface area is 156 Å². The number of aromatic nitrogens is 1. The zero-order chi connectivity index (χ0) is 18.1. The summed E-state index contributed by atoms with van der Waals surface area (Å²) in [4.78, 5) is 4.95. The molecule has 3 aromatic rings. The van der Waals surface area contributed by atoms with Crippen molar-refractivity contribution < 1.29 is 8.42 Å². The summed E-state index contributed by atoms with van der Waals surface area (Å²) in [5, 5.41) is 9.89. The lowest BCUT2D eigenvalue weighted by atomic mass is 10.0. The van der Waals surface area contributed by atoms with Crippen LogP contribution in [0.25, 0.3) is 10.2 Å². The van der Waals surface area contributed by atoms with Crippen molar-refractivity contribution in [2.24, 2.45) is 0 Å². The van der Waals surface area contributed by atoms with Crippen LogP contribution in [0.2, 0.25) is 0 Å².